The van der Waals surface area contributed by atoms with E-state index in [1.165, 1.54) is 23.0 Å². The van der Waals surface area contributed by atoms with Gasteiger partial charge < -0.3 is 18.9 Å². The number of fused-ring (bicyclic) bond motifs is 1. The number of carbonyl (C=O) groups is 1. The summed E-state index contributed by atoms with van der Waals surface area (Å²) in [5, 5.41) is 0.543. The average molecular weight is 529 g/mol. The van der Waals surface area contributed by atoms with Crippen LogP contribution in [0.15, 0.2) is 63.5 Å². The Morgan fingerprint density at radius 2 is 1.86 bits per heavy atom. The summed E-state index contributed by atoms with van der Waals surface area (Å²) in [6.07, 6.45) is 1.74. The molecule has 0 bridgehead atoms. The third kappa shape index (κ3) is 5.09. The Kier molecular flexibility index (Phi) is 7.93. The summed E-state index contributed by atoms with van der Waals surface area (Å²) in [7, 11) is 4.66. The molecule has 1 unspecified atom stereocenters. The summed E-state index contributed by atoms with van der Waals surface area (Å²) < 4.78 is 23.2. The zero-order chi connectivity index (χ0) is 25.8. The quantitative estimate of drug-likeness (QED) is 0.330. The van der Waals surface area contributed by atoms with Crippen molar-refractivity contribution < 1.29 is 23.7 Å². The second kappa shape index (κ2) is 11.1. The van der Waals surface area contributed by atoms with Crippen LogP contribution >= 0.6 is 22.9 Å². The molecule has 2 heterocycles. The maximum atomic E-state index is 13.7. The van der Waals surface area contributed by atoms with Gasteiger partial charge >= 0.3 is 5.97 Å². The molecule has 2 aromatic carbocycles. The van der Waals surface area contributed by atoms with Gasteiger partial charge in [0.25, 0.3) is 5.56 Å². The number of allylic oxidation sites excluding steroid dienone is 1. The van der Waals surface area contributed by atoms with Crippen LogP contribution in [-0.4, -0.2) is 45.1 Å². The van der Waals surface area contributed by atoms with E-state index in [0.717, 1.165) is 0 Å². The van der Waals surface area contributed by atoms with E-state index in [9.17, 15) is 9.59 Å². The molecule has 0 saturated carbocycles. The first kappa shape index (κ1) is 25.7. The van der Waals surface area contributed by atoms with Gasteiger partial charge in [-0.1, -0.05) is 35.1 Å². The summed E-state index contributed by atoms with van der Waals surface area (Å²) in [5.74, 6) is 0.664. The topological polar surface area (TPSA) is 88.4 Å². The normalized spacial score (nSPS) is 15.4. The van der Waals surface area contributed by atoms with Gasteiger partial charge in [-0.3, -0.25) is 9.36 Å². The van der Waals surface area contributed by atoms with Crippen molar-refractivity contribution in [1.29, 1.82) is 0 Å². The third-order valence-electron chi connectivity index (χ3n) is 5.67. The number of thiazole rings is 1. The molecule has 1 aromatic heterocycles. The van der Waals surface area contributed by atoms with Crippen molar-refractivity contribution in [2.45, 2.75) is 13.0 Å². The van der Waals surface area contributed by atoms with Crippen molar-refractivity contribution in [2.24, 2.45) is 4.99 Å². The molecule has 1 atom stereocenters. The molecule has 3 aromatic rings. The molecule has 0 fully saturated rings. The van der Waals surface area contributed by atoms with Crippen molar-refractivity contribution in [3.63, 3.8) is 0 Å². The maximum absolute atomic E-state index is 13.7. The van der Waals surface area contributed by atoms with E-state index in [2.05, 4.69) is 4.99 Å². The van der Waals surface area contributed by atoms with Crippen LogP contribution in [0.3, 0.4) is 0 Å². The molecular formula is C26H25ClN2O6S. The number of methoxy groups -OCH3 is 3. The monoisotopic (exact) mass is 528 g/mol. The lowest BCUT2D eigenvalue weighted by Crippen LogP contribution is -2.40. The van der Waals surface area contributed by atoms with Gasteiger partial charge in [0.05, 0.1) is 42.7 Å². The van der Waals surface area contributed by atoms with Crippen LogP contribution in [0.1, 0.15) is 24.1 Å². The Morgan fingerprint density at radius 3 is 2.53 bits per heavy atom. The summed E-state index contributed by atoms with van der Waals surface area (Å²) >= 11 is 7.34. The minimum atomic E-state index is -0.733. The van der Waals surface area contributed by atoms with Crippen LogP contribution in [0.25, 0.3) is 6.08 Å². The predicted molar refractivity (Wildman–Crippen MR) is 138 cm³/mol. The molecule has 188 valence electrons. The first-order valence-electron chi connectivity index (χ1n) is 11.0. The standard InChI is InChI=1S/C26H25ClN2O6S/c1-15-22(25(31)35-12-11-32-2)23(16-5-7-18(27)8-6-16)29-24(30)21(36-26(29)28-15)14-17-13-19(33-3)9-10-20(17)34-4/h5-10,13-14,23H,11-12H2,1-4H3. The van der Waals surface area contributed by atoms with Crippen LogP contribution in [0.4, 0.5) is 0 Å². The summed E-state index contributed by atoms with van der Waals surface area (Å²) in [6.45, 7) is 2.07. The number of hydrogen-bond donors (Lipinski definition) is 0. The fourth-order valence-corrected chi connectivity index (χ4v) is 5.10. The Morgan fingerprint density at radius 1 is 1.11 bits per heavy atom. The summed E-state index contributed by atoms with van der Waals surface area (Å²) in [5.41, 5.74) is 1.85. The number of hydrogen-bond acceptors (Lipinski definition) is 8. The summed E-state index contributed by atoms with van der Waals surface area (Å²) in [6, 6.07) is 11.6. The molecule has 36 heavy (non-hydrogen) atoms. The number of carbonyl (C=O) groups excluding carboxylic acids is 1. The fourth-order valence-electron chi connectivity index (χ4n) is 3.93. The molecule has 1 aliphatic rings. The minimum Gasteiger partial charge on any atom is -0.497 e. The number of rotatable bonds is 8. The molecule has 0 spiro atoms. The van der Waals surface area contributed by atoms with E-state index in [4.69, 9.17) is 30.5 Å². The number of esters is 1. The average Bonchev–Trinajstić information content (AvgIpc) is 3.18. The van der Waals surface area contributed by atoms with Crippen LogP contribution in [0.2, 0.25) is 5.02 Å². The highest BCUT2D eigenvalue weighted by Gasteiger charge is 2.33. The Hall–Kier alpha value is -3.40. The number of aromatic nitrogens is 1. The van der Waals surface area contributed by atoms with Crippen molar-refractivity contribution in [1.82, 2.24) is 4.57 Å². The zero-order valence-corrected chi connectivity index (χ0v) is 21.8. The van der Waals surface area contributed by atoms with E-state index < -0.39 is 12.0 Å². The van der Waals surface area contributed by atoms with Gasteiger partial charge in [-0.15, -0.1) is 0 Å². The van der Waals surface area contributed by atoms with Crippen molar-refractivity contribution >= 4 is 35.0 Å². The highest BCUT2D eigenvalue weighted by Crippen LogP contribution is 2.31. The van der Waals surface area contributed by atoms with E-state index in [1.807, 2.05) is 0 Å². The van der Waals surface area contributed by atoms with Crippen LogP contribution in [0.5, 0.6) is 11.5 Å². The Bertz CT molecular complexity index is 1490. The first-order valence-corrected chi connectivity index (χ1v) is 12.2. The minimum absolute atomic E-state index is 0.0828. The van der Waals surface area contributed by atoms with Crippen molar-refractivity contribution in [3.8, 4) is 11.5 Å². The third-order valence-corrected chi connectivity index (χ3v) is 6.91. The number of benzene rings is 2. The highest BCUT2D eigenvalue weighted by molar-refractivity contribution is 7.07. The zero-order valence-electron chi connectivity index (χ0n) is 20.2. The van der Waals surface area contributed by atoms with Gasteiger partial charge in [-0.25, -0.2) is 9.79 Å². The van der Waals surface area contributed by atoms with Gasteiger partial charge in [0, 0.05) is 17.7 Å². The Balaban J connectivity index is 1.90. The van der Waals surface area contributed by atoms with Crippen LogP contribution < -0.4 is 24.4 Å². The summed E-state index contributed by atoms with van der Waals surface area (Å²) in [4.78, 5) is 31.9. The molecular weight excluding hydrogens is 504 g/mol. The second-order valence-corrected chi connectivity index (χ2v) is 9.32. The number of ether oxygens (including phenoxy) is 4. The molecule has 0 radical (unpaired) electrons. The molecule has 0 amide bonds. The van der Waals surface area contributed by atoms with Gasteiger partial charge in [0.15, 0.2) is 4.80 Å². The van der Waals surface area contributed by atoms with Crippen LogP contribution in [-0.2, 0) is 14.3 Å². The van der Waals surface area contributed by atoms with E-state index in [0.29, 0.717) is 42.7 Å². The molecule has 4 rings (SSSR count). The van der Waals surface area contributed by atoms with E-state index in [1.54, 1.807) is 69.7 Å². The van der Waals surface area contributed by atoms with Crippen LogP contribution in [0, 0.1) is 0 Å². The van der Waals surface area contributed by atoms with E-state index in [-0.39, 0.29) is 24.3 Å². The number of halogens is 1. The highest BCUT2D eigenvalue weighted by atomic mass is 35.5. The maximum Gasteiger partial charge on any atom is 0.338 e. The molecule has 0 N–H and O–H groups in total. The molecule has 0 aliphatic carbocycles. The lowest BCUT2D eigenvalue weighted by atomic mass is 9.96. The fraction of sp³-hybridized carbons (Fsp3) is 0.269. The first-order chi connectivity index (χ1) is 17.4. The number of nitrogens with zero attached hydrogens (tertiary/aromatic N) is 2. The second-order valence-electron chi connectivity index (χ2n) is 7.87. The molecule has 10 heteroatoms. The van der Waals surface area contributed by atoms with Crippen molar-refractivity contribution in [3.05, 3.63) is 89.6 Å². The molecule has 1 aliphatic heterocycles. The lowest BCUT2D eigenvalue weighted by Gasteiger charge is -2.24. The molecule has 0 saturated heterocycles. The van der Waals surface area contributed by atoms with Crippen molar-refractivity contribution in [2.75, 3.05) is 34.5 Å². The smallest absolute Gasteiger partial charge is 0.338 e. The SMILES string of the molecule is COCCOC(=O)C1=C(C)N=c2sc(=Cc3cc(OC)ccc3OC)c(=O)n2C1c1ccc(Cl)cc1. The largest absolute Gasteiger partial charge is 0.497 e. The Labute approximate surface area is 216 Å². The van der Waals surface area contributed by atoms with Gasteiger partial charge in [0.1, 0.15) is 18.1 Å². The van der Waals surface area contributed by atoms with Gasteiger partial charge in [-0.05, 0) is 48.9 Å². The van der Waals surface area contributed by atoms with Gasteiger partial charge in [0.2, 0.25) is 0 Å². The lowest BCUT2D eigenvalue weighted by molar-refractivity contribution is -0.140. The van der Waals surface area contributed by atoms with Gasteiger partial charge in [-0.2, -0.15) is 0 Å². The van der Waals surface area contributed by atoms with E-state index >= 15 is 0 Å². The predicted octanol–water partition coefficient (Wildman–Crippen LogP) is 3.10. The molecule has 8 nitrogen and oxygen atoms in total.